The fourth-order valence-corrected chi connectivity index (χ4v) is 8.93. The molecule has 0 aliphatic heterocycles. The fraction of sp³-hybridized carbons (Fsp3) is 0.724. The molecule has 0 radical (unpaired) electrons. The number of aliphatic hydroxyl groups is 2. The van der Waals surface area contributed by atoms with Crippen LogP contribution < -0.4 is 0 Å². The highest BCUT2D eigenvalue weighted by Gasteiger charge is 2.61. The lowest BCUT2D eigenvalue weighted by Gasteiger charge is -2.59. The number of hydrogen-bond donors (Lipinski definition) is 2. The molecule has 3 fully saturated rings. The molecular formula is C29H41FO2. The molecule has 4 aliphatic rings. The van der Waals surface area contributed by atoms with Crippen LogP contribution in [-0.4, -0.2) is 21.9 Å². The Hall–Kier alpha value is -1.19. The van der Waals surface area contributed by atoms with E-state index in [2.05, 4.69) is 19.9 Å². The van der Waals surface area contributed by atoms with Crippen molar-refractivity contribution < 1.29 is 14.6 Å². The number of aliphatic hydroxyl groups excluding tert-OH is 1. The minimum Gasteiger partial charge on any atom is -0.393 e. The van der Waals surface area contributed by atoms with Crippen LogP contribution in [0.3, 0.4) is 0 Å². The first-order valence-electron chi connectivity index (χ1n) is 13.0. The van der Waals surface area contributed by atoms with Crippen molar-refractivity contribution >= 4 is 0 Å². The third kappa shape index (κ3) is 3.50. The summed E-state index contributed by atoms with van der Waals surface area (Å²) >= 11 is 0. The van der Waals surface area contributed by atoms with Gasteiger partial charge in [-0.2, -0.15) is 0 Å². The minimum absolute atomic E-state index is 0.153. The summed E-state index contributed by atoms with van der Waals surface area (Å²) in [4.78, 5) is 0. The third-order valence-corrected chi connectivity index (χ3v) is 10.7. The fourth-order valence-electron chi connectivity index (χ4n) is 8.93. The molecule has 1 unspecified atom stereocenters. The number of aryl methyl sites for hydroxylation is 1. The lowest BCUT2D eigenvalue weighted by molar-refractivity contribution is -0.104. The van der Waals surface area contributed by atoms with Gasteiger partial charge in [0.2, 0.25) is 0 Å². The maximum atomic E-state index is 14.2. The summed E-state index contributed by atoms with van der Waals surface area (Å²) in [6.07, 6.45) is 12.3. The molecule has 0 bridgehead atoms. The van der Waals surface area contributed by atoms with Gasteiger partial charge in [0.15, 0.2) is 0 Å². The van der Waals surface area contributed by atoms with Crippen molar-refractivity contribution in [1.29, 1.82) is 0 Å². The number of benzene rings is 1. The summed E-state index contributed by atoms with van der Waals surface area (Å²) < 4.78 is 14.2. The van der Waals surface area contributed by atoms with Gasteiger partial charge in [0.1, 0.15) is 5.82 Å². The summed E-state index contributed by atoms with van der Waals surface area (Å²) in [6.45, 7) is 6.94. The molecule has 0 spiro atoms. The van der Waals surface area contributed by atoms with E-state index in [1.54, 1.807) is 6.07 Å². The van der Waals surface area contributed by atoms with E-state index in [9.17, 15) is 14.6 Å². The molecule has 1 aromatic rings. The predicted molar refractivity (Wildman–Crippen MR) is 127 cm³/mol. The van der Waals surface area contributed by atoms with Crippen molar-refractivity contribution in [3.63, 3.8) is 0 Å². The van der Waals surface area contributed by atoms with E-state index in [0.717, 1.165) is 38.0 Å². The van der Waals surface area contributed by atoms with Gasteiger partial charge in [-0.25, -0.2) is 4.39 Å². The van der Waals surface area contributed by atoms with Gasteiger partial charge in [0, 0.05) is 0 Å². The summed E-state index contributed by atoms with van der Waals surface area (Å²) in [6, 6.07) is 6.99. The molecule has 0 amide bonds. The van der Waals surface area contributed by atoms with Crippen molar-refractivity contribution in [3.05, 3.63) is 47.3 Å². The van der Waals surface area contributed by atoms with Crippen LogP contribution >= 0.6 is 0 Å². The van der Waals surface area contributed by atoms with Crippen LogP contribution in [0.2, 0.25) is 0 Å². The molecule has 8 atom stereocenters. The smallest absolute Gasteiger partial charge is 0.126 e. The van der Waals surface area contributed by atoms with Gasteiger partial charge in [0.05, 0.1) is 11.7 Å². The predicted octanol–water partition coefficient (Wildman–Crippen LogP) is 6.45. The second-order valence-electron chi connectivity index (χ2n) is 12.3. The zero-order chi connectivity index (χ0) is 22.7. The first kappa shape index (κ1) is 22.6. The maximum absolute atomic E-state index is 14.2. The molecule has 176 valence electrons. The normalized spacial score (nSPS) is 42.9. The topological polar surface area (TPSA) is 40.5 Å². The Balaban J connectivity index is 1.35. The first-order valence-corrected chi connectivity index (χ1v) is 13.0. The molecule has 3 saturated carbocycles. The Labute approximate surface area is 193 Å². The van der Waals surface area contributed by atoms with Gasteiger partial charge in [-0.3, -0.25) is 0 Å². The second kappa shape index (κ2) is 7.94. The highest BCUT2D eigenvalue weighted by Crippen LogP contribution is 2.67. The van der Waals surface area contributed by atoms with Gasteiger partial charge in [-0.05, 0) is 117 Å². The van der Waals surface area contributed by atoms with E-state index in [1.807, 2.05) is 19.1 Å². The van der Waals surface area contributed by atoms with E-state index in [0.29, 0.717) is 30.2 Å². The van der Waals surface area contributed by atoms with Crippen LogP contribution in [0.4, 0.5) is 4.39 Å². The monoisotopic (exact) mass is 440 g/mol. The zero-order valence-electron chi connectivity index (χ0n) is 20.1. The Bertz CT molecular complexity index is 891. The molecular weight excluding hydrogens is 399 g/mol. The number of hydrogen-bond acceptors (Lipinski definition) is 2. The first-order chi connectivity index (χ1) is 15.1. The van der Waals surface area contributed by atoms with Crippen molar-refractivity contribution in [3.8, 4) is 0 Å². The van der Waals surface area contributed by atoms with Crippen LogP contribution in [0, 0.1) is 40.3 Å². The Morgan fingerprint density at radius 3 is 2.62 bits per heavy atom. The summed E-state index contributed by atoms with van der Waals surface area (Å²) in [5.74, 6) is 2.20. The van der Waals surface area contributed by atoms with E-state index < -0.39 is 5.60 Å². The van der Waals surface area contributed by atoms with Crippen LogP contribution in [-0.2, 0) is 6.42 Å². The van der Waals surface area contributed by atoms with E-state index in [4.69, 9.17) is 0 Å². The lowest BCUT2D eigenvalue weighted by Crippen LogP contribution is -2.53. The van der Waals surface area contributed by atoms with E-state index in [-0.39, 0.29) is 28.7 Å². The third-order valence-electron chi connectivity index (χ3n) is 10.7. The largest absolute Gasteiger partial charge is 0.393 e. The zero-order valence-corrected chi connectivity index (χ0v) is 20.1. The molecule has 32 heavy (non-hydrogen) atoms. The Morgan fingerprint density at radius 2 is 1.84 bits per heavy atom. The molecule has 2 N–H and O–H groups in total. The lowest BCUT2D eigenvalue weighted by atomic mass is 9.46. The minimum atomic E-state index is -0.771. The van der Waals surface area contributed by atoms with Crippen molar-refractivity contribution in [2.24, 2.45) is 34.5 Å². The van der Waals surface area contributed by atoms with Crippen LogP contribution in [0.1, 0.15) is 84.1 Å². The van der Waals surface area contributed by atoms with Gasteiger partial charge in [0.25, 0.3) is 0 Å². The Kier molecular flexibility index (Phi) is 5.61. The second-order valence-corrected chi connectivity index (χ2v) is 12.3. The van der Waals surface area contributed by atoms with E-state index in [1.165, 1.54) is 30.9 Å². The molecule has 3 heteroatoms. The van der Waals surface area contributed by atoms with Crippen LogP contribution in [0.15, 0.2) is 35.9 Å². The summed E-state index contributed by atoms with van der Waals surface area (Å²) in [5, 5.41) is 21.9. The maximum Gasteiger partial charge on any atom is 0.126 e. The number of fused-ring (bicyclic) bond motifs is 5. The van der Waals surface area contributed by atoms with Gasteiger partial charge in [-0.15, -0.1) is 0 Å². The highest BCUT2D eigenvalue weighted by atomic mass is 19.1. The van der Waals surface area contributed by atoms with Crippen molar-refractivity contribution in [2.45, 2.75) is 96.7 Å². The number of rotatable bonds is 4. The van der Waals surface area contributed by atoms with Crippen LogP contribution in [0.25, 0.3) is 0 Å². The average Bonchev–Trinajstić information content (AvgIpc) is 3.12. The summed E-state index contributed by atoms with van der Waals surface area (Å²) in [5.41, 5.74) is 1.89. The quantitative estimate of drug-likeness (QED) is 0.528. The average molecular weight is 441 g/mol. The van der Waals surface area contributed by atoms with Gasteiger partial charge >= 0.3 is 0 Å². The number of halogens is 1. The molecule has 0 heterocycles. The SMILES string of the molecule is CC(O)(CCc1ccccc1F)[C@H]1CC[C@H]2[C@@H]3CC=C4C[C@@H](O)CC[C@]4(C)[C@H]3CC[C@]12C. The van der Waals surface area contributed by atoms with Crippen LogP contribution in [0.5, 0.6) is 0 Å². The van der Waals surface area contributed by atoms with Gasteiger partial charge < -0.3 is 10.2 Å². The molecule has 2 nitrogen and oxygen atoms in total. The Morgan fingerprint density at radius 1 is 1.06 bits per heavy atom. The standard InChI is InChI=1S/C29H41FO2/c1-27-15-13-21(31)18-20(27)8-9-22-23-10-11-26(28(23,2)16-14-24(22)27)29(3,32)17-12-19-6-4-5-7-25(19)30/h4-8,21-24,26,31-32H,9-18H2,1-3H3/t21-,22-,23-,24-,26-,27-,28-,29?/m0/s1. The molecule has 5 rings (SSSR count). The van der Waals surface area contributed by atoms with E-state index >= 15 is 0 Å². The molecule has 0 saturated heterocycles. The molecule has 4 aliphatic carbocycles. The highest BCUT2D eigenvalue weighted by molar-refractivity contribution is 5.26. The van der Waals surface area contributed by atoms with Crippen molar-refractivity contribution in [2.75, 3.05) is 0 Å². The number of allylic oxidation sites excluding steroid dienone is 1. The molecule has 1 aromatic carbocycles. The van der Waals surface area contributed by atoms with Crippen molar-refractivity contribution in [1.82, 2.24) is 0 Å². The molecule has 0 aromatic heterocycles. The van der Waals surface area contributed by atoms with Gasteiger partial charge in [-0.1, -0.05) is 43.7 Å². The summed E-state index contributed by atoms with van der Waals surface area (Å²) in [7, 11) is 0.